The monoisotopic (exact) mass is 438 g/mol. The number of sulfonamides is 1. The van der Waals surface area contributed by atoms with Crippen LogP contribution >= 0.6 is 11.3 Å². The van der Waals surface area contributed by atoms with Gasteiger partial charge in [0.15, 0.2) is 0 Å². The number of carbonyl (C=O) groups excluding carboxylic acids is 1. The molecule has 3 N–H and O–H groups in total. The number of nitrogens with zero attached hydrogens (tertiary/aromatic N) is 2. The number of amides is 1. The zero-order chi connectivity index (χ0) is 21.1. The fraction of sp³-hybridized carbons (Fsp3) is 0.0476. The lowest BCUT2D eigenvalue weighted by Crippen LogP contribution is -2.22. The van der Waals surface area contributed by atoms with Gasteiger partial charge < -0.3 is 5.32 Å². The molecule has 0 fully saturated rings. The van der Waals surface area contributed by atoms with E-state index in [-0.39, 0.29) is 22.2 Å². The number of hydrogen-bond donors (Lipinski definition) is 2. The molecule has 0 radical (unpaired) electrons. The summed E-state index contributed by atoms with van der Waals surface area (Å²) in [6.07, 6.45) is 1.88. The molecule has 0 spiro atoms. The minimum Gasteiger partial charge on any atom is -0.348 e. The smallest absolute Gasteiger partial charge is 0.252 e. The van der Waals surface area contributed by atoms with Crippen LogP contribution in [-0.2, 0) is 16.6 Å². The molecule has 0 saturated heterocycles. The molecule has 152 valence electrons. The van der Waals surface area contributed by atoms with Crippen molar-refractivity contribution >= 4 is 27.3 Å². The molecule has 30 heavy (non-hydrogen) atoms. The number of primary sulfonamides is 1. The van der Waals surface area contributed by atoms with Gasteiger partial charge in [0.05, 0.1) is 16.9 Å². The van der Waals surface area contributed by atoms with Crippen LogP contribution in [0.2, 0.25) is 0 Å². The number of para-hydroxylation sites is 1. The molecule has 1 amide bonds. The van der Waals surface area contributed by atoms with Crippen LogP contribution in [-0.4, -0.2) is 24.1 Å². The minimum absolute atomic E-state index is 0.0467. The second kappa shape index (κ2) is 8.23. The topological polar surface area (TPSA) is 107 Å². The average molecular weight is 439 g/mol. The van der Waals surface area contributed by atoms with Gasteiger partial charge in [0.1, 0.15) is 4.21 Å². The molecule has 0 saturated carbocycles. The third-order valence-corrected chi connectivity index (χ3v) is 6.80. The maximum absolute atomic E-state index is 12.5. The van der Waals surface area contributed by atoms with E-state index < -0.39 is 10.0 Å². The standard InChI is InChI=1S/C21H18N4O3S2/c22-30(27,28)19-11-16(14-29-19)21(26)23-12-17-13-25(18-9-5-2-6-10-18)24-20(17)15-7-3-1-4-8-15/h1-11,13-14H,12H2,(H,23,26)(H2,22,27,28). The maximum Gasteiger partial charge on any atom is 0.252 e. The van der Waals surface area contributed by atoms with Gasteiger partial charge in [0, 0.05) is 29.2 Å². The van der Waals surface area contributed by atoms with Gasteiger partial charge in [-0.3, -0.25) is 4.79 Å². The van der Waals surface area contributed by atoms with Crippen molar-refractivity contribution in [1.29, 1.82) is 0 Å². The molecule has 2 aromatic heterocycles. The Bertz CT molecular complexity index is 1280. The van der Waals surface area contributed by atoms with Crippen LogP contribution in [0.4, 0.5) is 0 Å². The predicted molar refractivity (Wildman–Crippen MR) is 116 cm³/mol. The molecule has 7 nitrogen and oxygen atoms in total. The molecule has 0 aliphatic rings. The molecule has 2 heterocycles. The van der Waals surface area contributed by atoms with E-state index in [0.29, 0.717) is 0 Å². The van der Waals surface area contributed by atoms with Crippen molar-refractivity contribution in [3.63, 3.8) is 0 Å². The Morgan fingerprint density at radius 2 is 1.73 bits per heavy atom. The molecule has 2 aromatic carbocycles. The number of nitrogens with two attached hydrogens (primary N) is 1. The van der Waals surface area contributed by atoms with Gasteiger partial charge in [-0.2, -0.15) is 5.10 Å². The van der Waals surface area contributed by atoms with Crippen LogP contribution in [0.1, 0.15) is 15.9 Å². The zero-order valence-electron chi connectivity index (χ0n) is 15.7. The first-order valence-corrected chi connectivity index (χ1v) is 11.4. The molecular weight excluding hydrogens is 420 g/mol. The average Bonchev–Trinajstić information content (AvgIpc) is 3.41. The summed E-state index contributed by atoms with van der Waals surface area (Å²) < 4.78 is 24.6. The molecule has 0 unspecified atom stereocenters. The van der Waals surface area contributed by atoms with Crippen molar-refractivity contribution in [2.24, 2.45) is 5.14 Å². The van der Waals surface area contributed by atoms with Crippen molar-refractivity contribution in [3.05, 3.63) is 89.4 Å². The Labute approximate surface area is 177 Å². The Morgan fingerprint density at radius 3 is 2.37 bits per heavy atom. The number of benzene rings is 2. The van der Waals surface area contributed by atoms with E-state index in [1.54, 1.807) is 4.68 Å². The Kier molecular flexibility index (Phi) is 5.49. The number of nitrogens with one attached hydrogen (secondary N) is 1. The molecule has 0 aliphatic carbocycles. The summed E-state index contributed by atoms with van der Waals surface area (Å²) in [5, 5.41) is 14.1. The van der Waals surface area contributed by atoms with Crippen LogP contribution in [0.25, 0.3) is 16.9 Å². The largest absolute Gasteiger partial charge is 0.348 e. The highest BCUT2D eigenvalue weighted by molar-refractivity contribution is 7.91. The maximum atomic E-state index is 12.5. The number of hydrogen-bond acceptors (Lipinski definition) is 5. The van der Waals surface area contributed by atoms with Crippen LogP contribution < -0.4 is 10.5 Å². The van der Waals surface area contributed by atoms with Gasteiger partial charge >= 0.3 is 0 Å². The summed E-state index contributed by atoms with van der Waals surface area (Å²) in [4.78, 5) is 12.5. The van der Waals surface area contributed by atoms with E-state index in [4.69, 9.17) is 10.2 Å². The van der Waals surface area contributed by atoms with E-state index in [1.165, 1.54) is 11.4 Å². The normalized spacial score (nSPS) is 11.4. The summed E-state index contributed by atoms with van der Waals surface area (Å²) in [7, 11) is -3.83. The molecule has 4 aromatic rings. The predicted octanol–water partition coefficient (Wildman–Crippen LogP) is 3.18. The van der Waals surface area contributed by atoms with E-state index in [2.05, 4.69) is 5.32 Å². The van der Waals surface area contributed by atoms with Gasteiger partial charge in [-0.15, -0.1) is 11.3 Å². The summed E-state index contributed by atoms with van der Waals surface area (Å²) in [5.74, 6) is -0.382. The lowest BCUT2D eigenvalue weighted by molar-refractivity contribution is 0.0951. The number of thiophene rings is 1. The van der Waals surface area contributed by atoms with Crippen molar-refractivity contribution in [2.75, 3.05) is 0 Å². The highest BCUT2D eigenvalue weighted by Gasteiger charge is 2.17. The van der Waals surface area contributed by atoms with Crippen LogP contribution in [0.5, 0.6) is 0 Å². The van der Waals surface area contributed by atoms with Crippen molar-refractivity contribution < 1.29 is 13.2 Å². The first-order valence-electron chi connectivity index (χ1n) is 9.01. The van der Waals surface area contributed by atoms with E-state index >= 15 is 0 Å². The van der Waals surface area contributed by atoms with E-state index in [9.17, 15) is 13.2 Å². The van der Waals surface area contributed by atoms with Gasteiger partial charge in [-0.25, -0.2) is 18.2 Å². The lowest BCUT2D eigenvalue weighted by Gasteiger charge is -2.04. The minimum atomic E-state index is -3.83. The van der Waals surface area contributed by atoms with E-state index in [1.807, 2.05) is 66.9 Å². The SMILES string of the molecule is NS(=O)(=O)c1cc(C(=O)NCc2cn(-c3ccccc3)nc2-c2ccccc2)cs1. The summed E-state index contributed by atoms with van der Waals surface area (Å²) in [6, 6.07) is 20.7. The van der Waals surface area contributed by atoms with Crippen molar-refractivity contribution in [2.45, 2.75) is 10.8 Å². The highest BCUT2D eigenvalue weighted by Crippen LogP contribution is 2.24. The fourth-order valence-electron chi connectivity index (χ4n) is 2.95. The van der Waals surface area contributed by atoms with Crippen LogP contribution in [0, 0.1) is 0 Å². The summed E-state index contributed by atoms with van der Waals surface area (Å²) in [6.45, 7) is 0.233. The Balaban J connectivity index is 1.61. The Hall–Kier alpha value is -3.27. The highest BCUT2D eigenvalue weighted by atomic mass is 32.2. The lowest BCUT2D eigenvalue weighted by atomic mass is 10.1. The third kappa shape index (κ3) is 4.33. The fourth-order valence-corrected chi connectivity index (χ4v) is 4.54. The molecule has 9 heteroatoms. The number of rotatable bonds is 6. The van der Waals surface area contributed by atoms with Gasteiger partial charge in [0.25, 0.3) is 5.91 Å². The number of carbonyl (C=O) groups is 1. The van der Waals surface area contributed by atoms with Gasteiger partial charge in [0.2, 0.25) is 10.0 Å². The van der Waals surface area contributed by atoms with Gasteiger partial charge in [-0.05, 0) is 18.2 Å². The second-order valence-electron chi connectivity index (χ2n) is 6.53. The molecule has 0 aliphatic heterocycles. The quantitative estimate of drug-likeness (QED) is 0.482. The Morgan fingerprint density at radius 1 is 1.07 bits per heavy atom. The second-order valence-corrected chi connectivity index (χ2v) is 9.23. The molecule has 0 bridgehead atoms. The molecular formula is C21H18N4O3S2. The molecule has 0 atom stereocenters. The zero-order valence-corrected chi connectivity index (χ0v) is 17.4. The van der Waals surface area contributed by atoms with Gasteiger partial charge in [-0.1, -0.05) is 48.5 Å². The molecule has 4 rings (SSSR count). The number of aromatic nitrogens is 2. The van der Waals surface area contributed by atoms with Crippen LogP contribution in [0.3, 0.4) is 0 Å². The van der Waals surface area contributed by atoms with Crippen molar-refractivity contribution in [1.82, 2.24) is 15.1 Å². The first-order chi connectivity index (χ1) is 14.4. The summed E-state index contributed by atoms with van der Waals surface area (Å²) >= 11 is 0.918. The first kappa shape index (κ1) is 20.0. The van der Waals surface area contributed by atoms with E-state index in [0.717, 1.165) is 33.8 Å². The van der Waals surface area contributed by atoms with Crippen molar-refractivity contribution in [3.8, 4) is 16.9 Å². The third-order valence-electron chi connectivity index (χ3n) is 4.42. The summed E-state index contributed by atoms with van der Waals surface area (Å²) in [5.41, 5.74) is 3.68. The van der Waals surface area contributed by atoms with Crippen LogP contribution in [0.15, 0.2) is 82.5 Å².